The molecule has 1 unspecified atom stereocenters. The number of amides is 2. The van der Waals surface area contributed by atoms with E-state index in [1.54, 1.807) is 41.5 Å². The Hall–Kier alpha value is -2.56. The summed E-state index contributed by atoms with van der Waals surface area (Å²) in [4.78, 5) is 50.1. The molecule has 0 saturated carbocycles. The van der Waals surface area contributed by atoms with Crippen molar-refractivity contribution >= 4 is 24.1 Å². The number of esters is 1. The largest absolute Gasteiger partial charge is 0.480 e. The van der Waals surface area contributed by atoms with Crippen LogP contribution < -0.4 is 0 Å². The molecule has 1 atom stereocenters. The van der Waals surface area contributed by atoms with Crippen LogP contribution >= 0.6 is 0 Å². The van der Waals surface area contributed by atoms with E-state index in [1.807, 2.05) is 0 Å². The predicted molar refractivity (Wildman–Crippen MR) is 111 cm³/mol. The zero-order chi connectivity index (χ0) is 24.4. The third-order valence-electron chi connectivity index (χ3n) is 3.49. The first-order chi connectivity index (χ1) is 14.1. The Morgan fingerprint density at radius 2 is 1.42 bits per heavy atom. The van der Waals surface area contributed by atoms with E-state index in [0.717, 1.165) is 9.80 Å². The van der Waals surface area contributed by atoms with Crippen LogP contribution in [0.3, 0.4) is 0 Å². The highest BCUT2D eigenvalue weighted by Crippen LogP contribution is 2.13. The molecule has 0 heterocycles. The first-order valence-corrected chi connectivity index (χ1v) is 9.89. The minimum Gasteiger partial charge on any atom is -0.480 e. The van der Waals surface area contributed by atoms with E-state index in [1.165, 1.54) is 14.0 Å². The van der Waals surface area contributed by atoms with Gasteiger partial charge in [-0.25, -0.2) is 9.59 Å². The number of carboxylic acids is 1. The highest BCUT2D eigenvalue weighted by molar-refractivity contribution is 5.79. The normalized spacial score (nSPS) is 12.5. The van der Waals surface area contributed by atoms with Crippen molar-refractivity contribution in [1.82, 2.24) is 9.80 Å². The number of ether oxygens (including phenoxy) is 4. The van der Waals surface area contributed by atoms with Crippen molar-refractivity contribution in [3.63, 3.8) is 0 Å². The van der Waals surface area contributed by atoms with Gasteiger partial charge in [0.05, 0.1) is 12.6 Å². The Kier molecular flexibility index (Phi) is 11.3. The number of nitrogens with zero attached hydrogens (tertiary/aromatic N) is 2. The van der Waals surface area contributed by atoms with Crippen molar-refractivity contribution < 1.29 is 43.2 Å². The fraction of sp³-hybridized carbons (Fsp3) is 0.800. The van der Waals surface area contributed by atoms with E-state index in [2.05, 4.69) is 0 Å². The van der Waals surface area contributed by atoms with E-state index < -0.39 is 54.5 Å². The molecule has 0 bridgehead atoms. The second kappa shape index (κ2) is 12.3. The molecule has 0 radical (unpaired) electrons. The number of carbonyl (C=O) groups excluding carboxylic acids is 3. The third kappa shape index (κ3) is 13.4. The molecule has 0 aromatic rings. The molecule has 0 aliphatic rings. The quantitative estimate of drug-likeness (QED) is 0.394. The number of rotatable bonds is 10. The molecule has 180 valence electrons. The lowest BCUT2D eigenvalue weighted by molar-refractivity contribution is -0.147. The Morgan fingerprint density at radius 1 is 0.903 bits per heavy atom. The standard InChI is InChI=1S/C20H36N2O9/c1-14(22(11-15(23)24)18(27)31-20(5,6)7)13-29-16(25)12-21(9-10-28-8)17(26)30-19(2,3)4/h14H,9-13H2,1-8H3,(H,23,24). The van der Waals surface area contributed by atoms with Gasteiger partial charge in [0.15, 0.2) is 0 Å². The van der Waals surface area contributed by atoms with Gasteiger partial charge in [0, 0.05) is 13.7 Å². The number of hydrogen-bond acceptors (Lipinski definition) is 8. The number of carbonyl (C=O) groups is 4. The van der Waals surface area contributed by atoms with Crippen molar-refractivity contribution in [2.24, 2.45) is 0 Å². The fourth-order valence-electron chi connectivity index (χ4n) is 2.13. The molecule has 31 heavy (non-hydrogen) atoms. The smallest absolute Gasteiger partial charge is 0.411 e. The molecule has 11 nitrogen and oxygen atoms in total. The molecule has 0 aliphatic carbocycles. The molecule has 0 saturated heterocycles. The van der Waals surface area contributed by atoms with E-state index in [0.29, 0.717) is 0 Å². The van der Waals surface area contributed by atoms with Crippen LogP contribution in [0.2, 0.25) is 0 Å². The maximum Gasteiger partial charge on any atom is 0.411 e. The van der Waals surface area contributed by atoms with Crippen LogP contribution in [-0.4, -0.2) is 96.2 Å². The van der Waals surface area contributed by atoms with Gasteiger partial charge in [-0.15, -0.1) is 0 Å². The van der Waals surface area contributed by atoms with Crippen molar-refractivity contribution in [3.05, 3.63) is 0 Å². The molecule has 0 rings (SSSR count). The molecule has 0 aromatic heterocycles. The van der Waals surface area contributed by atoms with Crippen molar-refractivity contribution in [2.75, 3.05) is 40.0 Å². The van der Waals surface area contributed by atoms with Gasteiger partial charge in [-0.3, -0.25) is 19.4 Å². The molecule has 0 aliphatic heterocycles. The van der Waals surface area contributed by atoms with Gasteiger partial charge < -0.3 is 24.1 Å². The summed E-state index contributed by atoms with van der Waals surface area (Å²) in [6.45, 7) is 10.6. The van der Waals surface area contributed by atoms with E-state index in [4.69, 9.17) is 24.1 Å². The first kappa shape index (κ1) is 28.4. The monoisotopic (exact) mass is 448 g/mol. The minimum absolute atomic E-state index is 0.110. The van der Waals surface area contributed by atoms with Crippen LogP contribution in [0.25, 0.3) is 0 Å². The topological polar surface area (TPSA) is 132 Å². The number of carboxylic acid groups (broad SMARTS) is 1. The van der Waals surface area contributed by atoms with Crippen LogP contribution in [-0.2, 0) is 28.5 Å². The van der Waals surface area contributed by atoms with Gasteiger partial charge >= 0.3 is 24.1 Å². The van der Waals surface area contributed by atoms with E-state index in [9.17, 15) is 19.2 Å². The maximum absolute atomic E-state index is 12.3. The summed E-state index contributed by atoms with van der Waals surface area (Å²) in [7, 11) is 1.46. The summed E-state index contributed by atoms with van der Waals surface area (Å²) in [5.74, 6) is -1.98. The highest BCUT2D eigenvalue weighted by atomic mass is 16.6. The zero-order valence-corrected chi connectivity index (χ0v) is 19.7. The lowest BCUT2D eigenvalue weighted by Gasteiger charge is -2.30. The third-order valence-corrected chi connectivity index (χ3v) is 3.49. The van der Waals surface area contributed by atoms with Gasteiger partial charge in [0.25, 0.3) is 0 Å². The fourth-order valence-corrected chi connectivity index (χ4v) is 2.13. The lowest BCUT2D eigenvalue weighted by Crippen LogP contribution is -2.47. The molecule has 1 N–H and O–H groups in total. The summed E-state index contributed by atoms with van der Waals surface area (Å²) in [5, 5.41) is 9.09. The minimum atomic E-state index is -1.24. The van der Waals surface area contributed by atoms with Gasteiger partial charge in [-0.05, 0) is 48.5 Å². The Bertz CT molecular complexity index is 623. The van der Waals surface area contributed by atoms with Crippen molar-refractivity contribution in [3.8, 4) is 0 Å². The van der Waals surface area contributed by atoms with E-state index >= 15 is 0 Å². The maximum atomic E-state index is 12.3. The van der Waals surface area contributed by atoms with Crippen LogP contribution in [0, 0.1) is 0 Å². The summed E-state index contributed by atoms with van der Waals surface area (Å²) in [6.07, 6.45) is -1.54. The molecule has 11 heteroatoms. The van der Waals surface area contributed by atoms with Gasteiger partial charge in [-0.1, -0.05) is 0 Å². The van der Waals surface area contributed by atoms with Crippen LogP contribution in [0.4, 0.5) is 9.59 Å². The summed E-state index contributed by atoms with van der Waals surface area (Å²) < 4.78 is 20.6. The molecule has 0 fully saturated rings. The van der Waals surface area contributed by atoms with Gasteiger partial charge in [-0.2, -0.15) is 0 Å². The number of hydrogen-bond donors (Lipinski definition) is 1. The van der Waals surface area contributed by atoms with Crippen LogP contribution in [0.15, 0.2) is 0 Å². The highest BCUT2D eigenvalue weighted by Gasteiger charge is 2.29. The predicted octanol–water partition coefficient (Wildman–Crippen LogP) is 2.12. The Labute approximate surface area is 183 Å². The number of aliphatic carboxylic acids is 1. The lowest BCUT2D eigenvalue weighted by atomic mass is 10.2. The van der Waals surface area contributed by atoms with Crippen molar-refractivity contribution in [1.29, 1.82) is 0 Å². The Morgan fingerprint density at radius 3 is 1.87 bits per heavy atom. The van der Waals surface area contributed by atoms with E-state index in [-0.39, 0.29) is 19.8 Å². The summed E-state index contributed by atoms with van der Waals surface area (Å²) >= 11 is 0. The van der Waals surface area contributed by atoms with Gasteiger partial charge in [0.1, 0.15) is 30.9 Å². The van der Waals surface area contributed by atoms with Crippen LogP contribution in [0.1, 0.15) is 48.5 Å². The average molecular weight is 449 g/mol. The molecule has 2 amide bonds. The zero-order valence-electron chi connectivity index (χ0n) is 19.7. The SMILES string of the molecule is COCCN(CC(=O)OCC(C)N(CC(=O)O)C(=O)OC(C)(C)C)C(=O)OC(C)(C)C. The van der Waals surface area contributed by atoms with Crippen LogP contribution in [0.5, 0.6) is 0 Å². The van der Waals surface area contributed by atoms with Crippen molar-refractivity contribution in [2.45, 2.75) is 65.7 Å². The number of methoxy groups -OCH3 is 1. The molecule has 0 aromatic carbocycles. The molecular weight excluding hydrogens is 412 g/mol. The molecular formula is C20H36N2O9. The molecule has 0 spiro atoms. The Balaban J connectivity index is 5.02. The van der Waals surface area contributed by atoms with Gasteiger partial charge in [0.2, 0.25) is 0 Å². The summed E-state index contributed by atoms with van der Waals surface area (Å²) in [6, 6.07) is -0.774. The first-order valence-electron chi connectivity index (χ1n) is 9.89. The second-order valence-electron chi connectivity index (χ2n) is 8.93. The second-order valence-corrected chi connectivity index (χ2v) is 8.93. The average Bonchev–Trinajstić information content (AvgIpc) is 2.57. The summed E-state index contributed by atoms with van der Waals surface area (Å²) in [5.41, 5.74) is -1.56.